The molecule has 14 N–H and O–H groups in total. The number of nitrogens with two attached hydrogens (primary N) is 1. The van der Waals surface area contributed by atoms with Crippen LogP contribution < -0.4 is 43.0 Å². The van der Waals surface area contributed by atoms with E-state index in [9.17, 15) is 68.1 Å². The number of hydrogen-bond acceptors (Lipinski definition) is 13. The Labute approximate surface area is 390 Å². The van der Waals surface area contributed by atoms with Crippen molar-refractivity contribution in [3.8, 4) is 0 Å². The largest absolute Gasteiger partial charge is 0.481 e. The third-order valence-corrected chi connectivity index (χ3v) is 10.1. The highest BCUT2D eigenvalue weighted by Gasteiger charge is 2.35. The van der Waals surface area contributed by atoms with Gasteiger partial charge >= 0.3 is 23.9 Å². The monoisotopic (exact) mass is 958 g/mol. The summed E-state index contributed by atoms with van der Waals surface area (Å²) in [6.45, 7) is 7.85. The summed E-state index contributed by atoms with van der Waals surface area (Å²) >= 11 is 0. The summed E-state index contributed by atoms with van der Waals surface area (Å²) in [7, 11) is 0. The van der Waals surface area contributed by atoms with Crippen LogP contribution in [0.3, 0.4) is 0 Å². The quantitative estimate of drug-likeness (QED) is 0.0400. The summed E-state index contributed by atoms with van der Waals surface area (Å²) in [4.78, 5) is 147. The van der Waals surface area contributed by atoms with Crippen LogP contribution in [0.1, 0.15) is 84.4 Å². The van der Waals surface area contributed by atoms with E-state index in [0.717, 1.165) is 6.92 Å². The molecule has 0 unspecified atom stereocenters. The Morgan fingerprint density at radius 2 is 1.10 bits per heavy atom. The van der Waals surface area contributed by atoms with Crippen molar-refractivity contribution in [2.75, 3.05) is 0 Å². The molecule has 68 heavy (non-hydrogen) atoms. The number of nitrogens with zero attached hydrogens (tertiary/aromatic N) is 1. The number of hydrogen-bond donors (Lipinski definition) is 13. The molecular formula is C43H62N10O15. The first-order valence-electron chi connectivity index (χ1n) is 21.7. The van der Waals surface area contributed by atoms with Crippen LogP contribution in [0.4, 0.5) is 0 Å². The van der Waals surface area contributed by atoms with Gasteiger partial charge in [0.05, 0.1) is 18.8 Å². The number of aliphatic carboxylic acids is 4. The molecule has 0 saturated carbocycles. The molecule has 0 saturated heterocycles. The summed E-state index contributed by atoms with van der Waals surface area (Å²) in [5.74, 6) is -13.2. The normalized spacial score (nSPS) is 14.6. The number of H-pyrrole nitrogens is 1. The lowest BCUT2D eigenvalue weighted by atomic mass is 9.99. The lowest BCUT2D eigenvalue weighted by Gasteiger charge is -2.28. The molecule has 2 aromatic rings. The van der Waals surface area contributed by atoms with Gasteiger partial charge in [0.15, 0.2) is 0 Å². The maximum absolute atomic E-state index is 13.9. The molecule has 25 heteroatoms. The molecule has 25 nitrogen and oxygen atoms in total. The topological polar surface area (TPSA) is 408 Å². The first-order valence-corrected chi connectivity index (χ1v) is 21.7. The number of rotatable bonds is 30. The molecule has 0 spiro atoms. The Morgan fingerprint density at radius 1 is 0.574 bits per heavy atom. The van der Waals surface area contributed by atoms with E-state index in [1.54, 1.807) is 58.0 Å². The van der Waals surface area contributed by atoms with Crippen molar-refractivity contribution in [2.24, 2.45) is 17.6 Å². The van der Waals surface area contributed by atoms with Crippen LogP contribution in [0.5, 0.6) is 0 Å². The van der Waals surface area contributed by atoms with Crippen LogP contribution in [0.2, 0.25) is 0 Å². The Kier molecular flexibility index (Phi) is 23.3. The fraction of sp³-hybridized carbons (Fsp3) is 0.535. The SMILES string of the molecule is CC(C)C[C@H](NC(=O)[C@@H](NC(=O)[C@@H](N)CCC(=O)O)C(C)C)C(=O)N[C@@H](Cc1cnc[nH]1)C(=O)N[C@@H](CC(=O)O)C(=O)N[C@@H](C)C(=O)N[C@@H](CCC(=O)O)C(=O)N[C@@H](Cc1ccccc1)C(=O)O. The van der Waals surface area contributed by atoms with E-state index in [0.29, 0.717) is 11.3 Å². The van der Waals surface area contributed by atoms with Crippen molar-refractivity contribution < 1.29 is 73.2 Å². The van der Waals surface area contributed by atoms with Gasteiger partial charge in [0.25, 0.3) is 0 Å². The molecule has 0 bridgehead atoms. The second-order valence-corrected chi connectivity index (χ2v) is 16.8. The highest BCUT2D eigenvalue weighted by atomic mass is 16.4. The lowest BCUT2D eigenvalue weighted by molar-refractivity contribution is -0.143. The van der Waals surface area contributed by atoms with Gasteiger partial charge in [0.2, 0.25) is 41.4 Å². The number of aromatic amines is 1. The molecule has 374 valence electrons. The highest BCUT2D eigenvalue weighted by Crippen LogP contribution is 2.11. The first kappa shape index (κ1) is 56.7. The maximum atomic E-state index is 13.9. The molecule has 1 heterocycles. The zero-order chi connectivity index (χ0) is 51.2. The minimum Gasteiger partial charge on any atom is -0.481 e. The average molecular weight is 959 g/mol. The van der Waals surface area contributed by atoms with Gasteiger partial charge in [-0.25, -0.2) is 9.78 Å². The van der Waals surface area contributed by atoms with Crippen LogP contribution in [0, 0.1) is 11.8 Å². The van der Waals surface area contributed by atoms with Crippen LogP contribution in [-0.2, 0) is 65.6 Å². The fourth-order valence-corrected chi connectivity index (χ4v) is 6.46. The summed E-state index contributed by atoms with van der Waals surface area (Å²) in [5.41, 5.74) is 6.69. The van der Waals surface area contributed by atoms with E-state index in [1.807, 2.05) is 0 Å². The van der Waals surface area contributed by atoms with E-state index < -0.39 is 145 Å². The molecule has 0 aliphatic heterocycles. The summed E-state index contributed by atoms with van der Waals surface area (Å²) in [5, 5.41) is 54.4. The van der Waals surface area contributed by atoms with Crippen LogP contribution in [0.15, 0.2) is 42.9 Å². The van der Waals surface area contributed by atoms with Gasteiger partial charge in [-0.3, -0.25) is 47.9 Å². The number of imidazole rings is 1. The molecule has 0 aliphatic rings. The van der Waals surface area contributed by atoms with Crippen molar-refractivity contribution in [3.05, 3.63) is 54.1 Å². The van der Waals surface area contributed by atoms with Crippen molar-refractivity contribution in [1.82, 2.24) is 47.2 Å². The van der Waals surface area contributed by atoms with Gasteiger partial charge in [-0.15, -0.1) is 0 Å². The summed E-state index contributed by atoms with van der Waals surface area (Å²) in [6.07, 6.45) is -0.595. The molecule has 0 radical (unpaired) electrons. The van der Waals surface area contributed by atoms with Crippen LogP contribution >= 0.6 is 0 Å². The third kappa shape index (κ3) is 20.4. The number of benzene rings is 1. The molecule has 2 rings (SSSR count). The number of carbonyl (C=O) groups is 11. The van der Waals surface area contributed by atoms with Crippen molar-refractivity contribution in [2.45, 2.75) is 134 Å². The number of aromatic nitrogens is 2. The van der Waals surface area contributed by atoms with E-state index in [2.05, 4.69) is 47.2 Å². The lowest BCUT2D eigenvalue weighted by Crippen LogP contribution is -2.61. The van der Waals surface area contributed by atoms with E-state index in [4.69, 9.17) is 10.8 Å². The smallest absolute Gasteiger partial charge is 0.326 e. The Morgan fingerprint density at radius 3 is 1.65 bits per heavy atom. The minimum atomic E-state index is -1.89. The van der Waals surface area contributed by atoms with Gasteiger partial charge < -0.3 is 68.4 Å². The minimum absolute atomic E-state index is 0.0174. The Bertz CT molecular complexity index is 2080. The third-order valence-electron chi connectivity index (χ3n) is 10.1. The van der Waals surface area contributed by atoms with Gasteiger partial charge in [0, 0.05) is 37.6 Å². The predicted molar refractivity (Wildman–Crippen MR) is 238 cm³/mol. The second-order valence-electron chi connectivity index (χ2n) is 16.8. The fourth-order valence-electron chi connectivity index (χ4n) is 6.46. The Balaban J connectivity index is 2.30. The van der Waals surface area contributed by atoms with Gasteiger partial charge in [0.1, 0.15) is 42.3 Å². The zero-order valence-corrected chi connectivity index (χ0v) is 38.3. The molecular weight excluding hydrogens is 897 g/mol. The molecule has 0 fully saturated rings. The number of carboxylic acids is 4. The number of amides is 7. The van der Waals surface area contributed by atoms with E-state index in [-0.39, 0.29) is 31.6 Å². The predicted octanol–water partition coefficient (Wildman–Crippen LogP) is -2.07. The van der Waals surface area contributed by atoms with Crippen molar-refractivity contribution >= 4 is 65.2 Å². The van der Waals surface area contributed by atoms with Crippen molar-refractivity contribution in [1.29, 1.82) is 0 Å². The van der Waals surface area contributed by atoms with Crippen LogP contribution in [0.25, 0.3) is 0 Å². The zero-order valence-electron chi connectivity index (χ0n) is 38.3. The number of nitrogens with one attached hydrogen (secondary N) is 8. The standard InChI is InChI=1S/C43H62N10O15/c1-21(2)15-28(51-42(66)35(22(3)4)53-37(61)26(44)11-13-32(54)55)40(64)49-29(17-25-19-45-20-46-25)41(65)50-30(18-34(58)59)39(63)47-23(5)36(60)48-27(12-14-33(56)57)38(62)52-31(43(67)68)16-24-9-7-6-8-10-24/h6-10,19-23,26-31,35H,11-18,44H2,1-5H3,(H,45,46)(H,47,63)(H,48,60)(H,49,64)(H,50,65)(H,51,66)(H,52,62)(H,53,61)(H,54,55)(H,56,57)(H,58,59)(H,67,68)/t23-,26-,27-,28-,29-,30-,31-,35-/m0/s1. The Hall–Kier alpha value is -7.44. The van der Waals surface area contributed by atoms with Gasteiger partial charge in [-0.2, -0.15) is 0 Å². The molecule has 8 atom stereocenters. The first-order chi connectivity index (χ1) is 31.9. The van der Waals surface area contributed by atoms with Crippen molar-refractivity contribution in [3.63, 3.8) is 0 Å². The van der Waals surface area contributed by atoms with E-state index >= 15 is 0 Å². The second kappa shape index (κ2) is 27.9. The summed E-state index contributed by atoms with van der Waals surface area (Å²) in [6, 6.07) is -3.63. The van der Waals surface area contributed by atoms with E-state index in [1.165, 1.54) is 12.5 Å². The van der Waals surface area contributed by atoms with Crippen LogP contribution in [-0.4, -0.2) is 144 Å². The van der Waals surface area contributed by atoms with Gasteiger partial charge in [-0.05, 0) is 43.6 Å². The highest BCUT2D eigenvalue weighted by molar-refractivity contribution is 5.98. The molecule has 0 aliphatic carbocycles. The van der Waals surface area contributed by atoms with Gasteiger partial charge in [-0.1, -0.05) is 58.0 Å². The molecule has 7 amide bonds. The number of carbonyl (C=O) groups excluding carboxylic acids is 7. The maximum Gasteiger partial charge on any atom is 0.326 e. The molecule has 1 aromatic carbocycles. The summed E-state index contributed by atoms with van der Waals surface area (Å²) < 4.78 is 0. The average Bonchev–Trinajstić information content (AvgIpc) is 3.77. The number of carboxylic acid groups (broad SMARTS) is 4. The molecule has 1 aromatic heterocycles.